The molecule has 3 aliphatic rings. The van der Waals surface area contributed by atoms with Crippen molar-refractivity contribution in [3.8, 4) is 5.88 Å². The van der Waals surface area contributed by atoms with Crippen molar-refractivity contribution in [2.45, 2.75) is 37.3 Å². The maximum Gasteiger partial charge on any atom is 0.257 e. The van der Waals surface area contributed by atoms with E-state index in [-0.39, 0.29) is 22.5 Å². The molecule has 0 bridgehead atoms. The number of piperazine rings is 1. The largest absolute Gasteiger partial charge is 0.474 e. The quantitative estimate of drug-likeness (QED) is 0.829. The molecule has 1 N–H and O–H groups in total. The molecule has 0 amide bonds. The van der Waals surface area contributed by atoms with Crippen LogP contribution < -0.4 is 15.0 Å². The first-order chi connectivity index (χ1) is 11.6. The molecule has 1 spiro atoms. The minimum absolute atomic E-state index is 0.0320. The number of anilines is 1. The molecule has 3 fully saturated rings. The Morgan fingerprint density at radius 1 is 1.38 bits per heavy atom. The van der Waals surface area contributed by atoms with Gasteiger partial charge in [-0.1, -0.05) is 0 Å². The molecule has 3 heterocycles. The summed E-state index contributed by atoms with van der Waals surface area (Å²) in [6, 6.07) is 0.301. The summed E-state index contributed by atoms with van der Waals surface area (Å²) in [6.07, 6.45) is 4.46. The van der Waals surface area contributed by atoms with E-state index >= 15 is 0 Å². The molecule has 132 valence electrons. The molecule has 1 saturated carbocycles. The average Bonchev–Trinajstić information content (AvgIpc) is 3.17. The number of nitrogens with zero attached hydrogens (tertiary/aromatic N) is 4. The van der Waals surface area contributed by atoms with Crippen LogP contribution in [-0.4, -0.2) is 66.3 Å². The third kappa shape index (κ3) is 3.17. The zero-order chi connectivity index (χ0) is 16.7. The Morgan fingerprint density at radius 3 is 2.92 bits per heavy atom. The molecule has 1 aromatic heterocycles. The lowest BCUT2D eigenvalue weighted by Gasteiger charge is -2.35. The smallest absolute Gasteiger partial charge is 0.257 e. The fraction of sp³-hybridized carbons (Fsp3) is 0.750. The van der Waals surface area contributed by atoms with Crippen LogP contribution in [0.25, 0.3) is 0 Å². The SMILES string of the molecule is CN1CCC[C@H]1COc1nc(Cl)nc(N2CCNC3(CC3)C2)c1F. The van der Waals surface area contributed by atoms with E-state index in [1.54, 1.807) is 0 Å². The molecule has 8 heteroatoms. The number of likely N-dealkylation sites (N-methyl/N-ethyl adjacent to an activating group) is 1. The summed E-state index contributed by atoms with van der Waals surface area (Å²) >= 11 is 6.03. The molecule has 1 atom stereocenters. The van der Waals surface area contributed by atoms with Crippen LogP contribution in [0.1, 0.15) is 25.7 Å². The molecule has 2 aliphatic heterocycles. The van der Waals surface area contributed by atoms with Gasteiger partial charge in [0.05, 0.1) is 0 Å². The Morgan fingerprint density at radius 2 is 2.21 bits per heavy atom. The molecule has 1 aliphatic carbocycles. The van der Waals surface area contributed by atoms with Crippen LogP contribution in [0.4, 0.5) is 10.2 Å². The number of ether oxygens (including phenoxy) is 1. The van der Waals surface area contributed by atoms with Crippen LogP contribution in [0.5, 0.6) is 5.88 Å². The van der Waals surface area contributed by atoms with Crippen molar-refractivity contribution in [3.63, 3.8) is 0 Å². The van der Waals surface area contributed by atoms with E-state index in [0.29, 0.717) is 19.2 Å². The molecule has 0 radical (unpaired) electrons. The predicted octanol–water partition coefficient (Wildman–Crippen LogP) is 1.68. The van der Waals surface area contributed by atoms with Gasteiger partial charge in [0.15, 0.2) is 5.82 Å². The van der Waals surface area contributed by atoms with Gasteiger partial charge < -0.3 is 19.9 Å². The Hall–Kier alpha value is -1.18. The average molecular weight is 356 g/mol. The highest BCUT2D eigenvalue weighted by Gasteiger charge is 2.46. The summed E-state index contributed by atoms with van der Waals surface area (Å²) in [6.45, 7) is 3.75. The lowest BCUT2D eigenvalue weighted by atomic mass is 10.2. The van der Waals surface area contributed by atoms with Crippen LogP contribution in [-0.2, 0) is 0 Å². The molecule has 24 heavy (non-hydrogen) atoms. The highest BCUT2D eigenvalue weighted by molar-refractivity contribution is 6.28. The van der Waals surface area contributed by atoms with Crippen molar-refractivity contribution in [3.05, 3.63) is 11.1 Å². The van der Waals surface area contributed by atoms with Gasteiger partial charge in [-0.3, -0.25) is 0 Å². The number of aromatic nitrogens is 2. The second-order valence-electron chi connectivity index (χ2n) is 7.15. The molecule has 0 unspecified atom stereocenters. The Bertz CT molecular complexity index is 627. The van der Waals surface area contributed by atoms with Crippen molar-refractivity contribution >= 4 is 17.4 Å². The predicted molar refractivity (Wildman–Crippen MR) is 90.3 cm³/mol. The molecule has 4 rings (SSSR count). The lowest BCUT2D eigenvalue weighted by Crippen LogP contribution is -2.53. The van der Waals surface area contributed by atoms with Gasteiger partial charge in [0.1, 0.15) is 6.61 Å². The van der Waals surface area contributed by atoms with Crippen molar-refractivity contribution in [1.82, 2.24) is 20.2 Å². The minimum atomic E-state index is -0.502. The van der Waals surface area contributed by atoms with Gasteiger partial charge in [-0.2, -0.15) is 14.4 Å². The number of hydrogen-bond donors (Lipinski definition) is 1. The fourth-order valence-electron chi connectivity index (χ4n) is 3.68. The van der Waals surface area contributed by atoms with Crippen molar-refractivity contribution < 1.29 is 9.13 Å². The summed E-state index contributed by atoms with van der Waals surface area (Å²) in [7, 11) is 2.06. The van der Waals surface area contributed by atoms with E-state index in [0.717, 1.165) is 45.3 Å². The zero-order valence-electron chi connectivity index (χ0n) is 13.9. The molecule has 1 aromatic rings. The van der Waals surface area contributed by atoms with Gasteiger partial charge in [-0.05, 0) is 50.9 Å². The standard InChI is InChI=1S/C16H23ClFN5O/c1-22-7-2-3-11(22)9-24-14-12(18)13(20-15(17)21-14)23-8-6-19-16(10-23)4-5-16/h11,19H,2-10H2,1H3/t11-/m0/s1. The zero-order valence-corrected chi connectivity index (χ0v) is 14.7. The Kier molecular flexibility index (Phi) is 4.26. The number of nitrogens with one attached hydrogen (secondary N) is 1. The second kappa shape index (κ2) is 6.28. The number of hydrogen-bond acceptors (Lipinski definition) is 6. The first kappa shape index (κ1) is 16.3. The third-order valence-corrected chi connectivity index (χ3v) is 5.56. The lowest BCUT2D eigenvalue weighted by molar-refractivity contribution is 0.187. The summed E-state index contributed by atoms with van der Waals surface area (Å²) < 4.78 is 20.6. The minimum Gasteiger partial charge on any atom is -0.474 e. The van der Waals surface area contributed by atoms with Gasteiger partial charge >= 0.3 is 0 Å². The van der Waals surface area contributed by atoms with Crippen LogP contribution in [0.3, 0.4) is 0 Å². The van der Waals surface area contributed by atoms with Crippen LogP contribution in [0, 0.1) is 5.82 Å². The van der Waals surface area contributed by atoms with Gasteiger partial charge in [0.2, 0.25) is 11.1 Å². The highest BCUT2D eigenvalue weighted by atomic mass is 35.5. The van der Waals surface area contributed by atoms with Gasteiger partial charge in [-0.25, -0.2) is 0 Å². The Labute approximate surface area is 146 Å². The maximum atomic E-state index is 14.9. The molecular weight excluding hydrogens is 333 g/mol. The van der Waals surface area contributed by atoms with Gasteiger partial charge in [0, 0.05) is 31.2 Å². The van der Waals surface area contributed by atoms with Crippen LogP contribution in [0.15, 0.2) is 0 Å². The van der Waals surface area contributed by atoms with Crippen LogP contribution in [0.2, 0.25) is 5.28 Å². The van der Waals surface area contributed by atoms with E-state index in [9.17, 15) is 4.39 Å². The van der Waals surface area contributed by atoms with Crippen molar-refractivity contribution in [1.29, 1.82) is 0 Å². The monoisotopic (exact) mass is 355 g/mol. The summed E-state index contributed by atoms with van der Waals surface area (Å²) in [5, 5.41) is 3.54. The highest BCUT2D eigenvalue weighted by Crippen LogP contribution is 2.39. The topological polar surface area (TPSA) is 53.5 Å². The van der Waals surface area contributed by atoms with E-state index in [1.165, 1.54) is 0 Å². The second-order valence-corrected chi connectivity index (χ2v) is 7.49. The van der Waals surface area contributed by atoms with E-state index in [1.807, 2.05) is 4.90 Å². The maximum absolute atomic E-state index is 14.9. The summed E-state index contributed by atoms with van der Waals surface area (Å²) in [5.74, 6) is -0.274. The summed E-state index contributed by atoms with van der Waals surface area (Å²) in [4.78, 5) is 12.3. The van der Waals surface area contributed by atoms with E-state index in [4.69, 9.17) is 16.3 Å². The Balaban J connectivity index is 1.51. The number of halogens is 2. The summed E-state index contributed by atoms with van der Waals surface area (Å²) in [5.41, 5.74) is 0.135. The van der Waals surface area contributed by atoms with Crippen molar-refractivity contribution in [2.24, 2.45) is 0 Å². The molecule has 0 aromatic carbocycles. The van der Waals surface area contributed by atoms with Crippen molar-refractivity contribution in [2.75, 3.05) is 44.7 Å². The first-order valence-corrected chi connectivity index (χ1v) is 9.00. The third-order valence-electron chi connectivity index (χ3n) is 5.39. The van der Waals surface area contributed by atoms with Crippen LogP contribution >= 0.6 is 11.6 Å². The normalized spacial score (nSPS) is 26.1. The van der Waals surface area contributed by atoms with Gasteiger partial charge in [-0.15, -0.1) is 0 Å². The van der Waals surface area contributed by atoms with E-state index < -0.39 is 5.82 Å². The molecular formula is C16H23ClFN5O. The van der Waals surface area contributed by atoms with E-state index in [2.05, 4.69) is 27.2 Å². The fourth-order valence-corrected chi connectivity index (χ4v) is 3.84. The molecule has 6 nitrogen and oxygen atoms in total. The number of rotatable bonds is 4. The van der Waals surface area contributed by atoms with Gasteiger partial charge in [0.25, 0.3) is 5.88 Å². The first-order valence-electron chi connectivity index (χ1n) is 8.62. The molecule has 2 saturated heterocycles. The number of likely N-dealkylation sites (tertiary alicyclic amines) is 1.